The maximum Gasteiger partial charge on any atom is 0.312 e. The fraction of sp³-hybridized carbons (Fsp3) is 0.484. The van der Waals surface area contributed by atoms with E-state index in [1.54, 1.807) is 4.90 Å². The summed E-state index contributed by atoms with van der Waals surface area (Å²) in [6, 6.07) is 17.2. The summed E-state index contributed by atoms with van der Waals surface area (Å²) in [7, 11) is 0. The van der Waals surface area contributed by atoms with Crippen LogP contribution in [0.3, 0.4) is 0 Å². The normalized spacial score (nSPS) is 20.3. The standard InChI is InChI=1S/C31H41N5O5/c1-4-5-16-34-17-18-35(30(41)29(34)40)21-25(37)32-24(19-22-12-8-6-9-13-22)27(38)26-28(39)36(31(2,3)33-26)20-23-14-10-7-11-15-23/h6-15,24,26-27,33,38H,4-5,16-21H2,1-3H3,(H,32,37)/t24-,26?,27?/m0/s1. The Bertz CT molecular complexity index is 1220. The molecule has 2 saturated heterocycles. The molecule has 0 bridgehead atoms. The third kappa shape index (κ3) is 7.31. The molecule has 0 spiro atoms. The Balaban J connectivity index is 1.47. The van der Waals surface area contributed by atoms with Crippen LogP contribution in [0.1, 0.15) is 44.7 Å². The molecule has 4 amide bonds. The van der Waals surface area contributed by atoms with Gasteiger partial charge in [0.05, 0.1) is 17.8 Å². The molecule has 3 N–H and O–H groups in total. The maximum atomic E-state index is 13.6. The van der Waals surface area contributed by atoms with Crippen LogP contribution < -0.4 is 10.6 Å². The zero-order valence-corrected chi connectivity index (χ0v) is 24.1. The van der Waals surface area contributed by atoms with Crippen molar-refractivity contribution in [1.29, 1.82) is 0 Å². The summed E-state index contributed by atoms with van der Waals surface area (Å²) in [4.78, 5) is 56.5. The maximum absolute atomic E-state index is 13.6. The van der Waals surface area contributed by atoms with E-state index in [-0.39, 0.29) is 25.4 Å². The number of aliphatic hydroxyl groups is 1. The Hall–Kier alpha value is -3.76. The molecule has 4 rings (SSSR count). The minimum absolute atomic E-state index is 0.261. The molecule has 3 atom stereocenters. The first kappa shape index (κ1) is 30.2. The lowest BCUT2D eigenvalue weighted by Crippen LogP contribution is -2.59. The number of carbonyl (C=O) groups excluding carboxylic acids is 4. The molecule has 2 aromatic carbocycles. The minimum Gasteiger partial charge on any atom is -0.389 e. The van der Waals surface area contributed by atoms with Crippen molar-refractivity contribution in [3.8, 4) is 0 Å². The monoisotopic (exact) mass is 563 g/mol. The Labute approximate surface area is 241 Å². The van der Waals surface area contributed by atoms with Crippen molar-refractivity contribution in [2.75, 3.05) is 26.2 Å². The second-order valence-corrected chi connectivity index (χ2v) is 11.3. The van der Waals surface area contributed by atoms with E-state index in [4.69, 9.17) is 0 Å². The summed E-state index contributed by atoms with van der Waals surface area (Å²) >= 11 is 0. The van der Waals surface area contributed by atoms with Gasteiger partial charge in [0.1, 0.15) is 12.6 Å². The molecule has 2 aliphatic heterocycles. The topological polar surface area (TPSA) is 122 Å². The Morgan fingerprint density at radius 2 is 1.56 bits per heavy atom. The summed E-state index contributed by atoms with van der Waals surface area (Å²) in [5.41, 5.74) is 1.11. The predicted molar refractivity (Wildman–Crippen MR) is 154 cm³/mol. The third-order valence-corrected chi connectivity index (χ3v) is 7.81. The number of amides is 4. The molecular weight excluding hydrogens is 522 g/mol. The molecule has 10 heteroatoms. The van der Waals surface area contributed by atoms with Gasteiger partial charge >= 0.3 is 11.8 Å². The van der Waals surface area contributed by atoms with Gasteiger partial charge in [0, 0.05) is 26.2 Å². The summed E-state index contributed by atoms with van der Waals surface area (Å²) in [6.07, 6.45) is 0.742. The van der Waals surface area contributed by atoms with Crippen LogP contribution in [0.15, 0.2) is 60.7 Å². The zero-order valence-electron chi connectivity index (χ0n) is 24.1. The van der Waals surface area contributed by atoms with Crippen molar-refractivity contribution in [2.45, 2.75) is 70.4 Å². The quantitative estimate of drug-likeness (QED) is 0.335. The van der Waals surface area contributed by atoms with Crippen LogP contribution in [-0.4, -0.2) is 93.5 Å². The van der Waals surface area contributed by atoms with Crippen LogP contribution in [-0.2, 0) is 32.1 Å². The van der Waals surface area contributed by atoms with Crippen LogP contribution in [0.5, 0.6) is 0 Å². The first-order valence-corrected chi connectivity index (χ1v) is 14.3. The number of piperazine rings is 1. The molecule has 2 heterocycles. The number of nitrogens with zero attached hydrogens (tertiary/aromatic N) is 3. The van der Waals surface area contributed by atoms with E-state index in [9.17, 15) is 24.3 Å². The summed E-state index contributed by atoms with van der Waals surface area (Å²) in [5.74, 6) is -2.06. The van der Waals surface area contributed by atoms with E-state index in [1.165, 1.54) is 9.80 Å². The van der Waals surface area contributed by atoms with E-state index in [2.05, 4.69) is 10.6 Å². The Kier molecular flexibility index (Phi) is 9.77. The van der Waals surface area contributed by atoms with Gasteiger partial charge < -0.3 is 25.1 Å². The van der Waals surface area contributed by atoms with Crippen LogP contribution in [0.2, 0.25) is 0 Å². The number of unbranched alkanes of at least 4 members (excludes halogenated alkanes) is 1. The van der Waals surface area contributed by atoms with Crippen molar-refractivity contribution in [1.82, 2.24) is 25.3 Å². The largest absolute Gasteiger partial charge is 0.389 e. The number of aliphatic hydroxyl groups excluding tert-OH is 1. The van der Waals surface area contributed by atoms with Gasteiger partial charge in [0.2, 0.25) is 11.8 Å². The van der Waals surface area contributed by atoms with Crippen LogP contribution >= 0.6 is 0 Å². The smallest absolute Gasteiger partial charge is 0.312 e. The molecule has 0 aromatic heterocycles. The van der Waals surface area contributed by atoms with Crippen LogP contribution in [0, 0.1) is 0 Å². The van der Waals surface area contributed by atoms with E-state index >= 15 is 0 Å². The molecule has 220 valence electrons. The minimum atomic E-state index is -1.25. The zero-order chi connectivity index (χ0) is 29.6. The van der Waals surface area contributed by atoms with E-state index in [1.807, 2.05) is 81.4 Å². The number of hydrogen-bond acceptors (Lipinski definition) is 6. The first-order chi connectivity index (χ1) is 19.6. The fourth-order valence-corrected chi connectivity index (χ4v) is 5.45. The molecule has 2 fully saturated rings. The number of nitrogens with one attached hydrogen (secondary N) is 2. The average molecular weight is 564 g/mol. The van der Waals surface area contributed by atoms with Crippen molar-refractivity contribution in [2.24, 2.45) is 0 Å². The lowest BCUT2D eigenvalue weighted by Gasteiger charge is -2.34. The van der Waals surface area contributed by atoms with Gasteiger partial charge in [-0.2, -0.15) is 0 Å². The second-order valence-electron chi connectivity index (χ2n) is 11.3. The number of benzene rings is 2. The molecule has 2 unspecified atom stereocenters. The van der Waals surface area contributed by atoms with Gasteiger partial charge in [-0.05, 0) is 37.8 Å². The molecule has 0 radical (unpaired) electrons. The highest BCUT2D eigenvalue weighted by molar-refractivity contribution is 6.35. The lowest BCUT2D eigenvalue weighted by atomic mass is 9.96. The number of rotatable bonds is 12. The summed E-state index contributed by atoms with van der Waals surface area (Å²) < 4.78 is 0. The molecule has 0 saturated carbocycles. The van der Waals surface area contributed by atoms with Gasteiger partial charge in [0.25, 0.3) is 0 Å². The number of carbonyl (C=O) groups is 4. The molecule has 41 heavy (non-hydrogen) atoms. The first-order valence-electron chi connectivity index (χ1n) is 14.3. The Morgan fingerprint density at radius 1 is 0.976 bits per heavy atom. The molecular formula is C31H41N5O5. The summed E-state index contributed by atoms with van der Waals surface area (Å²) in [6.45, 7) is 7.01. The highest BCUT2D eigenvalue weighted by Crippen LogP contribution is 2.26. The second kappa shape index (κ2) is 13.3. The van der Waals surface area contributed by atoms with Gasteiger partial charge in [0.15, 0.2) is 0 Å². The Morgan fingerprint density at radius 3 is 2.20 bits per heavy atom. The van der Waals surface area contributed by atoms with E-state index < -0.39 is 41.6 Å². The SMILES string of the molecule is CCCCN1CCN(CC(=O)N[C@@H](Cc2ccccc2)C(O)C2NC(C)(C)N(Cc3ccccc3)C2=O)C(=O)C1=O. The van der Waals surface area contributed by atoms with Crippen molar-refractivity contribution < 1.29 is 24.3 Å². The molecule has 0 aliphatic carbocycles. The van der Waals surface area contributed by atoms with Crippen LogP contribution in [0.4, 0.5) is 0 Å². The average Bonchev–Trinajstić information content (AvgIpc) is 3.19. The van der Waals surface area contributed by atoms with Gasteiger partial charge in [-0.1, -0.05) is 74.0 Å². The van der Waals surface area contributed by atoms with Crippen LogP contribution in [0.25, 0.3) is 0 Å². The fourth-order valence-electron chi connectivity index (χ4n) is 5.45. The van der Waals surface area contributed by atoms with E-state index in [0.717, 1.165) is 24.0 Å². The molecule has 10 nitrogen and oxygen atoms in total. The lowest BCUT2D eigenvalue weighted by molar-refractivity contribution is -0.157. The van der Waals surface area contributed by atoms with Crippen molar-refractivity contribution in [3.05, 3.63) is 71.8 Å². The van der Waals surface area contributed by atoms with Gasteiger partial charge in [-0.3, -0.25) is 24.5 Å². The predicted octanol–water partition coefficient (Wildman–Crippen LogP) is 1.28. The third-order valence-electron chi connectivity index (χ3n) is 7.81. The summed E-state index contributed by atoms with van der Waals surface area (Å²) in [5, 5.41) is 17.7. The highest BCUT2D eigenvalue weighted by atomic mass is 16.3. The van der Waals surface area contributed by atoms with Crippen molar-refractivity contribution >= 4 is 23.6 Å². The van der Waals surface area contributed by atoms with E-state index in [0.29, 0.717) is 19.6 Å². The highest BCUT2D eigenvalue weighted by Gasteiger charge is 2.49. The molecule has 2 aromatic rings. The number of hydrogen-bond donors (Lipinski definition) is 3. The molecule has 2 aliphatic rings. The van der Waals surface area contributed by atoms with Gasteiger partial charge in [-0.25, -0.2) is 0 Å². The van der Waals surface area contributed by atoms with Gasteiger partial charge in [-0.15, -0.1) is 0 Å². The van der Waals surface area contributed by atoms with Crippen molar-refractivity contribution in [3.63, 3.8) is 0 Å².